The molecule has 1 aromatic heterocycles. The van der Waals surface area contributed by atoms with Crippen LogP contribution >= 0.6 is 27.7 Å². The van der Waals surface area contributed by atoms with Gasteiger partial charge in [-0.1, -0.05) is 88.4 Å². The first-order valence-electron chi connectivity index (χ1n) is 13.1. The van der Waals surface area contributed by atoms with Crippen LogP contribution in [0.3, 0.4) is 0 Å². The summed E-state index contributed by atoms with van der Waals surface area (Å²) in [7, 11) is 0. The average Bonchev–Trinajstić information content (AvgIpc) is 3.32. The lowest BCUT2D eigenvalue weighted by Gasteiger charge is -2.35. The monoisotopic (exact) mass is 597 g/mol. The number of thioether (sulfide) groups is 1. The number of likely N-dealkylation sites (tertiary alicyclic amines) is 1. The van der Waals surface area contributed by atoms with E-state index in [-0.39, 0.29) is 11.7 Å². The van der Waals surface area contributed by atoms with Crippen LogP contribution < -0.4 is 5.32 Å². The zero-order chi connectivity index (χ0) is 26.7. The Morgan fingerprint density at radius 1 is 0.949 bits per heavy atom. The first-order valence-corrected chi connectivity index (χ1v) is 14.8. The van der Waals surface area contributed by atoms with Crippen molar-refractivity contribution < 1.29 is 4.79 Å². The van der Waals surface area contributed by atoms with Gasteiger partial charge in [0, 0.05) is 47.9 Å². The number of piperidine rings is 1. The van der Waals surface area contributed by atoms with Crippen LogP contribution in [-0.2, 0) is 11.3 Å². The summed E-state index contributed by atoms with van der Waals surface area (Å²) in [6.07, 6.45) is 3.42. The number of halogens is 1. The smallest absolute Gasteiger partial charge is 0.234 e. The van der Waals surface area contributed by atoms with E-state index in [1.807, 2.05) is 42.5 Å². The van der Waals surface area contributed by atoms with E-state index < -0.39 is 5.66 Å². The number of hydrogen-bond acceptors (Lipinski definition) is 6. The number of aromatic nitrogens is 1. The van der Waals surface area contributed by atoms with E-state index >= 15 is 0 Å². The quantitative estimate of drug-likeness (QED) is 0.273. The predicted octanol–water partition coefficient (Wildman–Crippen LogP) is 6.56. The third-order valence-corrected chi connectivity index (χ3v) is 8.56. The molecule has 3 heterocycles. The Morgan fingerprint density at radius 2 is 1.69 bits per heavy atom. The molecule has 39 heavy (non-hydrogen) atoms. The molecule has 0 bridgehead atoms. The lowest BCUT2D eigenvalue weighted by molar-refractivity contribution is -0.113. The standard InChI is InChI=1S/C31H28BrN5OS/c32-25-12-10-23(11-13-25)29-30(39-21-28(38)34-26-18-24-8-4-5-9-27(24)33-19-26)36-31(35-29)14-16-37(17-15-31)20-22-6-2-1-3-7-22/h1-13,18-19H,14-17,20-21H2,(H,34,38). The maximum atomic E-state index is 12.9. The Labute approximate surface area is 240 Å². The van der Waals surface area contributed by atoms with E-state index in [9.17, 15) is 4.79 Å². The minimum absolute atomic E-state index is 0.0893. The number of rotatable bonds is 6. The van der Waals surface area contributed by atoms with Crippen LogP contribution in [0.1, 0.15) is 24.0 Å². The van der Waals surface area contributed by atoms with Crippen LogP contribution in [0.4, 0.5) is 5.69 Å². The molecule has 1 fully saturated rings. The minimum atomic E-state index is -0.462. The molecule has 1 N–H and O–H groups in total. The highest BCUT2D eigenvalue weighted by molar-refractivity contribution is 9.10. The number of nitrogens with zero attached hydrogens (tertiary/aromatic N) is 4. The molecular weight excluding hydrogens is 570 g/mol. The number of carbonyl (C=O) groups excluding carboxylic acids is 1. The minimum Gasteiger partial charge on any atom is -0.324 e. The molecule has 6 rings (SSSR count). The Morgan fingerprint density at radius 3 is 2.49 bits per heavy atom. The summed E-state index contributed by atoms with van der Waals surface area (Å²) in [6, 6.07) is 28.6. The second-order valence-corrected chi connectivity index (χ2v) is 11.8. The van der Waals surface area contributed by atoms with Gasteiger partial charge in [-0.15, -0.1) is 0 Å². The molecule has 0 aliphatic carbocycles. The van der Waals surface area contributed by atoms with Crippen molar-refractivity contribution in [3.63, 3.8) is 0 Å². The summed E-state index contributed by atoms with van der Waals surface area (Å²) < 4.78 is 1.02. The van der Waals surface area contributed by atoms with Crippen molar-refractivity contribution in [2.24, 2.45) is 9.98 Å². The van der Waals surface area contributed by atoms with E-state index in [2.05, 4.69) is 73.6 Å². The maximum Gasteiger partial charge on any atom is 0.234 e. The molecule has 2 aliphatic rings. The summed E-state index contributed by atoms with van der Waals surface area (Å²) in [5.41, 5.74) is 4.36. The number of pyridine rings is 1. The number of benzene rings is 3. The van der Waals surface area contributed by atoms with Gasteiger partial charge in [0.25, 0.3) is 0 Å². The highest BCUT2D eigenvalue weighted by atomic mass is 79.9. The van der Waals surface area contributed by atoms with Crippen LogP contribution in [0.5, 0.6) is 0 Å². The van der Waals surface area contributed by atoms with E-state index in [4.69, 9.17) is 9.98 Å². The molecular formula is C31H28BrN5OS. The second kappa shape index (κ2) is 11.4. The van der Waals surface area contributed by atoms with Crippen LogP contribution in [0, 0.1) is 0 Å². The van der Waals surface area contributed by atoms with Crippen LogP contribution in [-0.4, -0.2) is 51.1 Å². The summed E-state index contributed by atoms with van der Waals surface area (Å²) >= 11 is 4.99. The van der Waals surface area contributed by atoms with Crippen molar-refractivity contribution in [2.75, 3.05) is 24.2 Å². The fourth-order valence-electron chi connectivity index (χ4n) is 5.02. The molecule has 2 aliphatic heterocycles. The van der Waals surface area contributed by atoms with Crippen LogP contribution in [0.25, 0.3) is 10.9 Å². The van der Waals surface area contributed by atoms with E-state index in [0.29, 0.717) is 5.69 Å². The van der Waals surface area contributed by atoms with Crippen molar-refractivity contribution in [3.8, 4) is 0 Å². The number of para-hydroxylation sites is 1. The molecule has 1 amide bonds. The number of anilines is 1. The first-order chi connectivity index (χ1) is 19.1. The predicted molar refractivity (Wildman–Crippen MR) is 165 cm³/mol. The van der Waals surface area contributed by atoms with Crippen molar-refractivity contribution in [1.29, 1.82) is 0 Å². The normalized spacial score (nSPS) is 16.7. The largest absolute Gasteiger partial charge is 0.324 e. The molecule has 6 nitrogen and oxygen atoms in total. The van der Waals surface area contributed by atoms with Gasteiger partial charge in [-0.25, -0.2) is 4.99 Å². The second-order valence-electron chi connectivity index (χ2n) is 9.88. The SMILES string of the molecule is O=C(CSC1=NC2(CCN(Cc3ccccc3)CC2)N=C1c1ccc(Br)cc1)Nc1cnc2ccccc2c1. The molecule has 0 radical (unpaired) electrons. The highest BCUT2D eigenvalue weighted by Gasteiger charge is 2.39. The van der Waals surface area contributed by atoms with Crippen molar-refractivity contribution in [3.05, 3.63) is 107 Å². The van der Waals surface area contributed by atoms with Gasteiger partial charge in [0.05, 0.1) is 28.9 Å². The van der Waals surface area contributed by atoms with E-state index in [0.717, 1.165) is 64.2 Å². The highest BCUT2D eigenvalue weighted by Crippen LogP contribution is 2.36. The van der Waals surface area contributed by atoms with Gasteiger partial charge in [0.2, 0.25) is 5.91 Å². The first kappa shape index (κ1) is 25.9. The maximum absolute atomic E-state index is 12.9. The van der Waals surface area contributed by atoms with Gasteiger partial charge in [-0.05, 0) is 29.8 Å². The van der Waals surface area contributed by atoms with E-state index in [1.165, 1.54) is 17.3 Å². The number of aliphatic imine (C=N–C) groups is 2. The summed E-state index contributed by atoms with van der Waals surface area (Å²) in [6.45, 7) is 2.81. The lowest BCUT2D eigenvalue weighted by atomic mass is 9.98. The van der Waals surface area contributed by atoms with Crippen LogP contribution in [0.2, 0.25) is 0 Å². The number of carbonyl (C=O) groups is 1. The fraction of sp³-hybridized carbons (Fsp3) is 0.226. The Hall–Kier alpha value is -3.33. The molecule has 1 spiro atoms. The van der Waals surface area contributed by atoms with Gasteiger partial charge in [0.1, 0.15) is 5.04 Å². The Balaban J connectivity index is 1.15. The third-order valence-electron chi connectivity index (χ3n) is 7.07. The van der Waals surface area contributed by atoms with Crippen LogP contribution in [0.15, 0.2) is 106 Å². The molecule has 8 heteroatoms. The summed E-state index contributed by atoms with van der Waals surface area (Å²) in [5, 5.41) is 4.82. The summed E-state index contributed by atoms with van der Waals surface area (Å²) in [5.74, 6) is 0.158. The molecule has 3 aromatic carbocycles. The average molecular weight is 599 g/mol. The molecule has 4 aromatic rings. The topological polar surface area (TPSA) is 70.0 Å². The lowest BCUT2D eigenvalue weighted by Crippen LogP contribution is -2.41. The zero-order valence-electron chi connectivity index (χ0n) is 21.4. The van der Waals surface area contributed by atoms with Crippen molar-refractivity contribution >= 4 is 60.9 Å². The zero-order valence-corrected chi connectivity index (χ0v) is 23.8. The van der Waals surface area contributed by atoms with Gasteiger partial charge in [-0.3, -0.25) is 19.7 Å². The number of amides is 1. The number of fused-ring (bicyclic) bond motifs is 1. The molecule has 1 saturated heterocycles. The van der Waals surface area contributed by atoms with Gasteiger partial charge in [-0.2, -0.15) is 0 Å². The number of hydrogen-bond donors (Lipinski definition) is 1. The van der Waals surface area contributed by atoms with Gasteiger partial charge in [0.15, 0.2) is 5.66 Å². The van der Waals surface area contributed by atoms with Crippen molar-refractivity contribution in [1.82, 2.24) is 9.88 Å². The molecule has 0 atom stereocenters. The summed E-state index contributed by atoms with van der Waals surface area (Å²) in [4.78, 5) is 30.2. The third kappa shape index (κ3) is 6.13. The molecule has 0 unspecified atom stereocenters. The number of nitrogens with one attached hydrogen (secondary N) is 1. The molecule has 196 valence electrons. The Kier molecular flexibility index (Phi) is 7.59. The Bertz CT molecular complexity index is 1550. The fourth-order valence-corrected chi connectivity index (χ4v) is 6.16. The van der Waals surface area contributed by atoms with Crippen molar-refractivity contribution in [2.45, 2.75) is 25.0 Å². The van der Waals surface area contributed by atoms with Gasteiger partial charge < -0.3 is 5.32 Å². The molecule has 0 saturated carbocycles. The van der Waals surface area contributed by atoms with Gasteiger partial charge >= 0.3 is 0 Å². The van der Waals surface area contributed by atoms with E-state index in [1.54, 1.807) is 6.20 Å².